The highest BCUT2D eigenvalue weighted by Crippen LogP contribution is 2.24. The van der Waals surface area contributed by atoms with Gasteiger partial charge >= 0.3 is 0 Å². The van der Waals surface area contributed by atoms with E-state index in [4.69, 9.17) is 10.6 Å². The zero-order valence-electron chi connectivity index (χ0n) is 10.3. The molecule has 1 heterocycles. The molecule has 0 aliphatic carbocycles. The van der Waals surface area contributed by atoms with E-state index >= 15 is 0 Å². The zero-order chi connectivity index (χ0) is 13.1. The standard InChI is InChI=1S/C13H18F2N2O/c1-8-2-5-13(18-8)12(17-16)7-9-6-10(14)3-4-11(9)15/h3-4,6,8,12-13,17H,2,5,7,16H2,1H3. The minimum absolute atomic E-state index is 0.0485. The van der Waals surface area contributed by atoms with E-state index in [1.54, 1.807) is 0 Å². The number of ether oxygens (including phenoxy) is 1. The fourth-order valence-corrected chi connectivity index (χ4v) is 2.36. The number of benzene rings is 1. The highest BCUT2D eigenvalue weighted by Gasteiger charge is 2.29. The molecule has 0 saturated carbocycles. The number of hydrazine groups is 1. The molecule has 3 N–H and O–H groups in total. The van der Waals surface area contributed by atoms with Gasteiger partial charge in [-0.2, -0.15) is 0 Å². The summed E-state index contributed by atoms with van der Waals surface area (Å²) in [4.78, 5) is 0. The van der Waals surface area contributed by atoms with Crippen LogP contribution in [0, 0.1) is 11.6 Å². The van der Waals surface area contributed by atoms with E-state index in [2.05, 4.69) is 5.43 Å². The maximum absolute atomic E-state index is 13.6. The summed E-state index contributed by atoms with van der Waals surface area (Å²) in [6, 6.07) is 3.25. The lowest BCUT2D eigenvalue weighted by atomic mass is 9.99. The van der Waals surface area contributed by atoms with Gasteiger partial charge in [0.05, 0.1) is 18.2 Å². The SMILES string of the molecule is CC1CCC(C(Cc2cc(F)ccc2F)NN)O1. The van der Waals surface area contributed by atoms with Crippen molar-refractivity contribution in [2.45, 2.75) is 44.4 Å². The monoisotopic (exact) mass is 256 g/mol. The minimum atomic E-state index is -0.442. The molecule has 1 aliphatic heterocycles. The quantitative estimate of drug-likeness (QED) is 0.639. The summed E-state index contributed by atoms with van der Waals surface area (Å²) in [5, 5.41) is 0. The molecule has 0 aromatic heterocycles. The predicted molar refractivity (Wildman–Crippen MR) is 64.7 cm³/mol. The van der Waals surface area contributed by atoms with E-state index in [9.17, 15) is 8.78 Å². The Labute approximate surface area is 105 Å². The normalized spacial score (nSPS) is 25.3. The molecular formula is C13H18F2N2O. The van der Waals surface area contributed by atoms with Crippen LogP contribution < -0.4 is 11.3 Å². The van der Waals surface area contributed by atoms with Crippen molar-refractivity contribution in [3.8, 4) is 0 Å². The molecule has 0 amide bonds. The van der Waals surface area contributed by atoms with Crippen LogP contribution in [-0.2, 0) is 11.2 Å². The summed E-state index contributed by atoms with van der Waals surface area (Å²) in [6.45, 7) is 2.00. The Morgan fingerprint density at radius 2 is 2.22 bits per heavy atom. The van der Waals surface area contributed by atoms with Crippen LogP contribution in [0.1, 0.15) is 25.3 Å². The van der Waals surface area contributed by atoms with Gasteiger partial charge in [0.15, 0.2) is 0 Å². The van der Waals surface area contributed by atoms with Gasteiger partial charge in [0.25, 0.3) is 0 Å². The van der Waals surface area contributed by atoms with Gasteiger partial charge in [-0.3, -0.25) is 11.3 Å². The molecule has 2 rings (SSSR count). The first-order valence-electron chi connectivity index (χ1n) is 6.15. The molecule has 1 saturated heterocycles. The molecule has 1 aliphatic rings. The Morgan fingerprint density at radius 3 is 2.83 bits per heavy atom. The van der Waals surface area contributed by atoms with Gasteiger partial charge in [0.1, 0.15) is 11.6 Å². The minimum Gasteiger partial charge on any atom is -0.374 e. The van der Waals surface area contributed by atoms with Crippen molar-refractivity contribution in [1.82, 2.24) is 5.43 Å². The first-order chi connectivity index (χ1) is 8.60. The second-order valence-corrected chi connectivity index (χ2v) is 4.78. The van der Waals surface area contributed by atoms with Crippen molar-refractivity contribution >= 4 is 0 Å². The van der Waals surface area contributed by atoms with Crippen LogP contribution >= 0.6 is 0 Å². The molecule has 0 spiro atoms. The predicted octanol–water partition coefficient (Wildman–Crippen LogP) is 1.91. The Morgan fingerprint density at radius 1 is 1.44 bits per heavy atom. The molecule has 3 atom stereocenters. The molecule has 18 heavy (non-hydrogen) atoms. The van der Waals surface area contributed by atoms with Gasteiger partial charge in [0.2, 0.25) is 0 Å². The average Bonchev–Trinajstić information content (AvgIpc) is 2.77. The molecule has 3 nitrogen and oxygen atoms in total. The first-order valence-corrected chi connectivity index (χ1v) is 6.15. The summed E-state index contributed by atoms with van der Waals surface area (Å²) in [5.74, 6) is 4.63. The smallest absolute Gasteiger partial charge is 0.126 e. The van der Waals surface area contributed by atoms with Crippen LogP contribution in [0.5, 0.6) is 0 Å². The van der Waals surface area contributed by atoms with Gasteiger partial charge in [-0.1, -0.05) is 0 Å². The molecule has 3 unspecified atom stereocenters. The number of nitrogens with one attached hydrogen (secondary N) is 1. The number of halogens is 2. The molecule has 0 bridgehead atoms. The van der Waals surface area contributed by atoms with Crippen molar-refractivity contribution in [3.63, 3.8) is 0 Å². The summed E-state index contributed by atoms with van der Waals surface area (Å²) in [7, 11) is 0. The first kappa shape index (κ1) is 13.4. The topological polar surface area (TPSA) is 47.3 Å². The number of nitrogens with two attached hydrogens (primary N) is 1. The Balaban J connectivity index is 2.08. The summed E-state index contributed by atoms with van der Waals surface area (Å²) < 4.78 is 32.3. The number of hydrogen-bond donors (Lipinski definition) is 2. The van der Waals surface area contributed by atoms with Crippen molar-refractivity contribution < 1.29 is 13.5 Å². The van der Waals surface area contributed by atoms with Crippen LogP contribution in [0.15, 0.2) is 18.2 Å². The van der Waals surface area contributed by atoms with Gasteiger partial charge in [0, 0.05) is 0 Å². The second kappa shape index (κ2) is 5.73. The van der Waals surface area contributed by atoms with Crippen molar-refractivity contribution in [2.75, 3.05) is 0 Å². The zero-order valence-corrected chi connectivity index (χ0v) is 10.3. The van der Waals surface area contributed by atoms with E-state index in [1.807, 2.05) is 6.92 Å². The highest BCUT2D eigenvalue weighted by molar-refractivity contribution is 5.20. The lowest BCUT2D eigenvalue weighted by Crippen LogP contribution is -2.45. The summed E-state index contributed by atoms with van der Waals surface area (Å²) >= 11 is 0. The van der Waals surface area contributed by atoms with E-state index in [-0.39, 0.29) is 18.2 Å². The number of hydrogen-bond acceptors (Lipinski definition) is 3. The Hall–Kier alpha value is -1.04. The fourth-order valence-electron chi connectivity index (χ4n) is 2.36. The van der Waals surface area contributed by atoms with E-state index in [0.717, 1.165) is 25.0 Å². The van der Waals surface area contributed by atoms with E-state index < -0.39 is 11.6 Å². The highest BCUT2D eigenvalue weighted by atomic mass is 19.1. The molecular weight excluding hydrogens is 238 g/mol. The maximum atomic E-state index is 13.6. The summed E-state index contributed by atoms with van der Waals surface area (Å²) in [6.07, 6.45) is 2.31. The molecule has 100 valence electrons. The van der Waals surface area contributed by atoms with Crippen LogP contribution in [0.2, 0.25) is 0 Å². The van der Waals surface area contributed by atoms with Gasteiger partial charge in [-0.15, -0.1) is 0 Å². The average molecular weight is 256 g/mol. The van der Waals surface area contributed by atoms with Gasteiger partial charge < -0.3 is 4.74 Å². The third-order valence-electron chi connectivity index (χ3n) is 3.38. The summed E-state index contributed by atoms with van der Waals surface area (Å²) in [5.41, 5.74) is 2.97. The largest absolute Gasteiger partial charge is 0.374 e. The fraction of sp³-hybridized carbons (Fsp3) is 0.538. The maximum Gasteiger partial charge on any atom is 0.126 e. The van der Waals surface area contributed by atoms with Gasteiger partial charge in [-0.05, 0) is 49.9 Å². The Bertz CT molecular complexity index is 414. The van der Waals surface area contributed by atoms with Crippen LogP contribution in [0.4, 0.5) is 8.78 Å². The van der Waals surface area contributed by atoms with Crippen LogP contribution in [0.3, 0.4) is 0 Å². The van der Waals surface area contributed by atoms with E-state index in [0.29, 0.717) is 12.0 Å². The third kappa shape index (κ3) is 3.04. The van der Waals surface area contributed by atoms with Crippen LogP contribution in [-0.4, -0.2) is 18.2 Å². The second-order valence-electron chi connectivity index (χ2n) is 4.78. The van der Waals surface area contributed by atoms with Crippen LogP contribution in [0.25, 0.3) is 0 Å². The van der Waals surface area contributed by atoms with Crippen molar-refractivity contribution in [1.29, 1.82) is 0 Å². The molecule has 5 heteroatoms. The van der Waals surface area contributed by atoms with Gasteiger partial charge in [-0.25, -0.2) is 8.78 Å². The molecule has 1 aromatic rings. The third-order valence-corrected chi connectivity index (χ3v) is 3.38. The van der Waals surface area contributed by atoms with Crippen molar-refractivity contribution in [3.05, 3.63) is 35.4 Å². The number of rotatable bonds is 4. The van der Waals surface area contributed by atoms with E-state index in [1.165, 1.54) is 6.07 Å². The Kier molecular flexibility index (Phi) is 4.27. The van der Waals surface area contributed by atoms with Crippen molar-refractivity contribution in [2.24, 2.45) is 5.84 Å². The molecule has 1 aromatic carbocycles. The molecule has 1 fully saturated rings. The molecule has 0 radical (unpaired) electrons. The lowest BCUT2D eigenvalue weighted by Gasteiger charge is -2.23. The lowest BCUT2D eigenvalue weighted by molar-refractivity contribution is 0.0319.